The Kier molecular flexibility index (Phi) is 7.45. The minimum atomic E-state index is -0.671. The van der Waals surface area contributed by atoms with Crippen LogP contribution in [0.25, 0.3) is 5.76 Å². The van der Waals surface area contributed by atoms with Gasteiger partial charge in [-0.3, -0.25) is 9.59 Å². The third kappa shape index (κ3) is 4.90. The summed E-state index contributed by atoms with van der Waals surface area (Å²) in [5, 5.41) is 13.1. The second kappa shape index (κ2) is 10.7. The average molecular weight is 478 g/mol. The van der Waals surface area contributed by atoms with Gasteiger partial charge in [-0.25, -0.2) is 0 Å². The van der Waals surface area contributed by atoms with E-state index in [2.05, 4.69) is 0 Å². The van der Waals surface area contributed by atoms with Crippen LogP contribution in [0.2, 0.25) is 0 Å². The summed E-state index contributed by atoms with van der Waals surface area (Å²) in [6, 6.07) is 18.3. The molecule has 0 spiro atoms. The smallest absolute Gasteiger partial charge is 0.295 e. The van der Waals surface area contributed by atoms with Gasteiger partial charge in [-0.15, -0.1) is 11.3 Å². The Bertz CT molecular complexity index is 1190. The van der Waals surface area contributed by atoms with Crippen molar-refractivity contribution in [3.05, 3.63) is 93.2 Å². The molecule has 176 valence electrons. The summed E-state index contributed by atoms with van der Waals surface area (Å²) >= 11 is 1.45. The predicted molar refractivity (Wildman–Crippen MR) is 132 cm³/mol. The molecule has 1 aliphatic rings. The Labute approximate surface area is 203 Å². The Morgan fingerprint density at radius 2 is 1.88 bits per heavy atom. The highest BCUT2D eigenvalue weighted by atomic mass is 32.1. The number of aliphatic hydroxyl groups is 1. The zero-order valence-electron chi connectivity index (χ0n) is 19.2. The van der Waals surface area contributed by atoms with E-state index in [4.69, 9.17) is 9.47 Å². The standard InChI is InChI=1S/C27H27NO5S/c1-18-16-20(11-12-21(18)33-17-19-8-4-3-5-9-19)25(29)23-24(22-10-6-15-34-22)28(13-7-14-32-2)27(31)26(23)30/h3-6,8-12,15-16,24,29H,7,13-14,17H2,1-2H3/b25-23-. The minimum Gasteiger partial charge on any atom is -0.507 e. The van der Waals surface area contributed by atoms with Crippen molar-refractivity contribution in [3.8, 4) is 5.75 Å². The monoisotopic (exact) mass is 477 g/mol. The van der Waals surface area contributed by atoms with Gasteiger partial charge in [0.2, 0.25) is 0 Å². The third-order valence-electron chi connectivity index (χ3n) is 5.79. The second-order valence-electron chi connectivity index (χ2n) is 8.11. The molecule has 34 heavy (non-hydrogen) atoms. The maximum atomic E-state index is 13.0. The van der Waals surface area contributed by atoms with Crippen molar-refractivity contribution in [1.82, 2.24) is 4.90 Å². The second-order valence-corrected chi connectivity index (χ2v) is 9.09. The van der Waals surface area contributed by atoms with Gasteiger partial charge in [-0.05, 0) is 54.1 Å². The molecule has 2 heterocycles. The number of amides is 1. The number of hydrogen-bond donors (Lipinski definition) is 1. The van der Waals surface area contributed by atoms with Gasteiger partial charge in [-0.2, -0.15) is 0 Å². The molecule has 1 aromatic heterocycles. The predicted octanol–water partition coefficient (Wildman–Crippen LogP) is 5.09. The molecule has 4 rings (SSSR count). The van der Waals surface area contributed by atoms with E-state index in [0.29, 0.717) is 37.5 Å². The van der Waals surface area contributed by atoms with Crippen LogP contribution in [0.15, 0.2) is 71.6 Å². The van der Waals surface area contributed by atoms with Crippen LogP contribution in [0.4, 0.5) is 0 Å². The fourth-order valence-electron chi connectivity index (χ4n) is 4.08. The first-order valence-electron chi connectivity index (χ1n) is 11.1. The number of rotatable bonds is 9. The van der Waals surface area contributed by atoms with Crippen LogP contribution in [-0.4, -0.2) is 42.0 Å². The third-order valence-corrected chi connectivity index (χ3v) is 6.71. The lowest BCUT2D eigenvalue weighted by molar-refractivity contribution is -0.140. The summed E-state index contributed by atoms with van der Waals surface area (Å²) in [6.45, 7) is 3.15. The van der Waals surface area contributed by atoms with Gasteiger partial charge in [0, 0.05) is 30.7 Å². The SMILES string of the molecule is COCCCN1C(=O)C(=O)/C(=C(\O)c2ccc(OCc3ccccc3)c(C)c2)C1c1cccs1. The van der Waals surface area contributed by atoms with Crippen LogP contribution in [0.5, 0.6) is 5.75 Å². The van der Waals surface area contributed by atoms with Crippen LogP contribution in [-0.2, 0) is 20.9 Å². The number of carbonyl (C=O) groups is 2. The first-order chi connectivity index (χ1) is 16.5. The molecule has 0 bridgehead atoms. The number of benzene rings is 2. The molecule has 0 aliphatic carbocycles. The fourth-order valence-corrected chi connectivity index (χ4v) is 4.93. The molecule has 1 unspecified atom stereocenters. The van der Waals surface area contributed by atoms with Gasteiger partial charge in [0.15, 0.2) is 0 Å². The lowest BCUT2D eigenvalue weighted by atomic mass is 9.98. The number of aliphatic hydroxyl groups excluding tert-OH is 1. The molecule has 1 amide bonds. The van der Waals surface area contributed by atoms with Crippen LogP contribution in [0, 0.1) is 6.92 Å². The maximum Gasteiger partial charge on any atom is 0.295 e. The molecule has 1 saturated heterocycles. The number of aryl methyl sites for hydroxylation is 1. The number of carbonyl (C=O) groups excluding carboxylic acids is 2. The van der Waals surface area contributed by atoms with Crippen molar-refractivity contribution in [3.63, 3.8) is 0 Å². The summed E-state index contributed by atoms with van der Waals surface area (Å²) in [4.78, 5) is 28.2. The Hall–Kier alpha value is -3.42. The quantitative estimate of drug-likeness (QED) is 0.201. The van der Waals surface area contributed by atoms with Gasteiger partial charge in [0.05, 0.1) is 11.6 Å². The Morgan fingerprint density at radius 3 is 2.56 bits per heavy atom. The number of ether oxygens (including phenoxy) is 2. The first-order valence-corrected chi connectivity index (χ1v) is 12.0. The van der Waals surface area contributed by atoms with E-state index in [1.165, 1.54) is 16.2 Å². The van der Waals surface area contributed by atoms with Crippen molar-refractivity contribution in [1.29, 1.82) is 0 Å². The number of nitrogens with zero attached hydrogens (tertiary/aromatic N) is 1. The number of likely N-dealkylation sites (tertiary alicyclic amines) is 1. The fraction of sp³-hybridized carbons (Fsp3) is 0.259. The van der Waals surface area contributed by atoms with Crippen molar-refractivity contribution in [2.75, 3.05) is 20.3 Å². The summed E-state index contributed by atoms with van der Waals surface area (Å²) in [6.07, 6.45) is 0.595. The molecule has 1 atom stereocenters. The number of hydrogen-bond acceptors (Lipinski definition) is 6. The molecular weight excluding hydrogens is 450 g/mol. The summed E-state index contributed by atoms with van der Waals surface area (Å²) in [5.74, 6) is -0.759. The van der Waals surface area contributed by atoms with E-state index in [-0.39, 0.29) is 11.3 Å². The van der Waals surface area contributed by atoms with E-state index >= 15 is 0 Å². The molecule has 3 aromatic rings. The minimum absolute atomic E-state index is 0.113. The molecule has 0 saturated carbocycles. The highest BCUT2D eigenvalue weighted by Gasteiger charge is 2.46. The molecule has 7 heteroatoms. The van der Waals surface area contributed by atoms with Crippen LogP contribution in [0.3, 0.4) is 0 Å². The molecular formula is C27H27NO5S. The van der Waals surface area contributed by atoms with Crippen molar-refractivity contribution in [2.45, 2.75) is 26.0 Å². The highest BCUT2D eigenvalue weighted by molar-refractivity contribution is 7.10. The van der Waals surface area contributed by atoms with Gasteiger partial charge in [-0.1, -0.05) is 36.4 Å². The molecule has 1 aliphatic heterocycles. The van der Waals surface area contributed by atoms with Gasteiger partial charge in [0.1, 0.15) is 18.1 Å². The van der Waals surface area contributed by atoms with Crippen LogP contribution >= 0.6 is 11.3 Å². The maximum absolute atomic E-state index is 13.0. The molecule has 0 radical (unpaired) electrons. The zero-order chi connectivity index (χ0) is 24.1. The number of methoxy groups -OCH3 is 1. The first kappa shape index (κ1) is 23.7. The molecule has 6 nitrogen and oxygen atoms in total. The number of ketones is 1. The van der Waals surface area contributed by atoms with E-state index in [0.717, 1.165) is 16.0 Å². The summed E-state index contributed by atoms with van der Waals surface area (Å²) < 4.78 is 11.0. The van der Waals surface area contributed by atoms with Crippen molar-refractivity contribution >= 4 is 28.8 Å². The van der Waals surface area contributed by atoms with Crippen molar-refractivity contribution in [2.24, 2.45) is 0 Å². The van der Waals surface area contributed by atoms with Crippen molar-refractivity contribution < 1.29 is 24.2 Å². The lowest BCUT2D eigenvalue weighted by Crippen LogP contribution is -2.31. The average Bonchev–Trinajstić information content (AvgIpc) is 3.46. The van der Waals surface area contributed by atoms with E-state index < -0.39 is 17.7 Å². The van der Waals surface area contributed by atoms with Gasteiger partial charge >= 0.3 is 0 Å². The number of thiophene rings is 1. The van der Waals surface area contributed by atoms with E-state index in [9.17, 15) is 14.7 Å². The zero-order valence-corrected chi connectivity index (χ0v) is 20.0. The van der Waals surface area contributed by atoms with Gasteiger partial charge in [0.25, 0.3) is 11.7 Å². The Morgan fingerprint density at radius 1 is 1.09 bits per heavy atom. The largest absolute Gasteiger partial charge is 0.507 e. The molecule has 1 N–H and O–H groups in total. The lowest BCUT2D eigenvalue weighted by Gasteiger charge is -2.24. The Balaban J connectivity index is 1.64. The van der Waals surface area contributed by atoms with Crippen LogP contribution < -0.4 is 4.74 Å². The van der Waals surface area contributed by atoms with Crippen LogP contribution in [0.1, 0.15) is 34.0 Å². The summed E-state index contributed by atoms with van der Waals surface area (Å²) in [5.41, 5.74) is 2.46. The highest BCUT2D eigenvalue weighted by Crippen LogP contribution is 2.41. The number of Topliss-reactive ketones (excluding diaryl/α,β-unsaturated/α-hetero) is 1. The van der Waals surface area contributed by atoms with Gasteiger partial charge < -0.3 is 19.5 Å². The van der Waals surface area contributed by atoms with E-state index in [1.807, 2.05) is 54.8 Å². The summed E-state index contributed by atoms with van der Waals surface area (Å²) in [7, 11) is 1.60. The van der Waals surface area contributed by atoms with E-state index in [1.54, 1.807) is 25.3 Å². The topological polar surface area (TPSA) is 76.1 Å². The normalized spacial score (nSPS) is 17.4. The molecule has 2 aromatic carbocycles. The molecule has 1 fully saturated rings.